The topological polar surface area (TPSA) is 32.3 Å². The molecule has 0 unspecified atom stereocenters. The lowest BCUT2D eigenvalue weighted by Gasteiger charge is -2.19. The maximum Gasteiger partial charge on any atom is 0.317 e. The third-order valence-electron chi connectivity index (χ3n) is 2.95. The quantitative estimate of drug-likeness (QED) is 0.874. The molecule has 0 saturated carbocycles. The van der Waals surface area contributed by atoms with Gasteiger partial charge in [0.15, 0.2) is 0 Å². The molecule has 1 heterocycles. The number of rotatable bonds is 2. The molecule has 92 valence electrons. The molecule has 2 amide bonds. The van der Waals surface area contributed by atoms with E-state index in [1.54, 1.807) is 11.9 Å². The van der Waals surface area contributed by atoms with Gasteiger partial charge in [0, 0.05) is 25.5 Å². The van der Waals surface area contributed by atoms with Gasteiger partial charge in [0.2, 0.25) is 0 Å². The van der Waals surface area contributed by atoms with Crippen LogP contribution in [-0.4, -0.2) is 30.8 Å². The van der Waals surface area contributed by atoms with Crippen molar-refractivity contribution in [3.63, 3.8) is 0 Å². The van der Waals surface area contributed by atoms with Gasteiger partial charge in [-0.15, -0.1) is 11.8 Å². The van der Waals surface area contributed by atoms with Crippen LogP contribution in [0.15, 0.2) is 23.1 Å². The van der Waals surface area contributed by atoms with Crippen LogP contribution in [0.5, 0.6) is 0 Å². The van der Waals surface area contributed by atoms with Gasteiger partial charge < -0.3 is 10.2 Å². The highest BCUT2D eigenvalue weighted by molar-refractivity contribution is 7.99. The fraction of sp³-hybridized carbons (Fsp3) is 0.462. The molecule has 0 spiro atoms. The van der Waals surface area contributed by atoms with Crippen LogP contribution in [0.25, 0.3) is 0 Å². The minimum absolute atomic E-state index is 0.0444. The Bertz CT molecular complexity index is 420. The third-order valence-corrected chi connectivity index (χ3v) is 4.16. The summed E-state index contributed by atoms with van der Waals surface area (Å²) in [5.41, 5.74) is 2.64. The molecule has 0 saturated heterocycles. The molecule has 0 aromatic heterocycles. The normalized spacial score (nSPS) is 14.0. The van der Waals surface area contributed by atoms with E-state index >= 15 is 0 Å². The van der Waals surface area contributed by atoms with Gasteiger partial charge in [-0.05, 0) is 35.8 Å². The molecule has 0 atom stereocenters. The number of hydrogen-bond donors (Lipinski definition) is 1. The number of fused-ring (bicyclic) bond motifs is 1. The summed E-state index contributed by atoms with van der Waals surface area (Å²) in [5, 5.41) is 2.63. The van der Waals surface area contributed by atoms with Crippen molar-refractivity contribution >= 4 is 17.8 Å². The Morgan fingerprint density at radius 3 is 3.12 bits per heavy atom. The Kier molecular flexibility index (Phi) is 3.94. The minimum Gasteiger partial charge on any atom is -0.341 e. The second-order valence-electron chi connectivity index (χ2n) is 4.31. The zero-order chi connectivity index (χ0) is 12.3. The van der Waals surface area contributed by atoms with Crippen molar-refractivity contribution in [2.45, 2.75) is 24.3 Å². The molecule has 2 rings (SSSR count). The van der Waals surface area contributed by atoms with E-state index in [4.69, 9.17) is 0 Å². The fourth-order valence-electron chi connectivity index (χ4n) is 2.05. The second-order valence-corrected chi connectivity index (χ2v) is 5.44. The van der Waals surface area contributed by atoms with Gasteiger partial charge in [0.25, 0.3) is 0 Å². The van der Waals surface area contributed by atoms with E-state index in [0.29, 0.717) is 6.54 Å². The Morgan fingerprint density at radius 2 is 2.35 bits per heavy atom. The predicted octanol–water partition coefficient (Wildman–Crippen LogP) is 2.50. The van der Waals surface area contributed by atoms with E-state index in [0.717, 1.165) is 0 Å². The summed E-state index contributed by atoms with van der Waals surface area (Å²) < 4.78 is 0. The van der Waals surface area contributed by atoms with E-state index < -0.39 is 0 Å². The van der Waals surface area contributed by atoms with E-state index in [2.05, 4.69) is 23.5 Å². The Balaban J connectivity index is 2.09. The molecule has 0 bridgehead atoms. The number of thioether (sulfide) groups is 1. The first-order valence-corrected chi connectivity index (χ1v) is 6.86. The maximum absolute atomic E-state index is 11.4. The van der Waals surface area contributed by atoms with Crippen LogP contribution >= 0.6 is 11.8 Å². The summed E-state index contributed by atoms with van der Waals surface area (Å²) in [7, 11) is 3.47. The Hall–Kier alpha value is -1.16. The Labute approximate surface area is 107 Å². The van der Waals surface area contributed by atoms with Crippen LogP contribution in [0.3, 0.4) is 0 Å². The minimum atomic E-state index is -0.0444. The van der Waals surface area contributed by atoms with Crippen LogP contribution in [-0.2, 0) is 13.0 Å². The number of carbonyl (C=O) groups is 1. The highest BCUT2D eigenvalue weighted by Crippen LogP contribution is 2.30. The largest absolute Gasteiger partial charge is 0.341 e. The van der Waals surface area contributed by atoms with E-state index in [9.17, 15) is 4.79 Å². The van der Waals surface area contributed by atoms with Gasteiger partial charge in [-0.1, -0.05) is 12.1 Å². The number of amides is 2. The highest BCUT2D eigenvalue weighted by Gasteiger charge is 2.12. The lowest BCUT2D eigenvalue weighted by atomic mass is 10.1. The first-order valence-electron chi connectivity index (χ1n) is 5.88. The summed E-state index contributed by atoms with van der Waals surface area (Å²) in [5.74, 6) is 1.23. The van der Waals surface area contributed by atoms with Crippen molar-refractivity contribution in [2.24, 2.45) is 0 Å². The van der Waals surface area contributed by atoms with Gasteiger partial charge >= 0.3 is 6.03 Å². The lowest BCUT2D eigenvalue weighted by molar-refractivity contribution is 0.209. The van der Waals surface area contributed by atoms with Crippen molar-refractivity contribution in [3.05, 3.63) is 29.3 Å². The SMILES string of the molecule is CNC(=O)N(C)Cc1ccc2c(c1)CCCS2. The molecule has 0 fully saturated rings. The molecule has 0 radical (unpaired) electrons. The van der Waals surface area contributed by atoms with Crippen LogP contribution in [0.2, 0.25) is 0 Å². The monoisotopic (exact) mass is 250 g/mol. The van der Waals surface area contributed by atoms with Gasteiger partial charge in [-0.2, -0.15) is 0 Å². The van der Waals surface area contributed by atoms with E-state index in [-0.39, 0.29) is 6.03 Å². The number of urea groups is 1. The Morgan fingerprint density at radius 1 is 1.53 bits per heavy atom. The molecule has 3 nitrogen and oxygen atoms in total. The first-order chi connectivity index (χ1) is 8.20. The standard InChI is InChI=1S/C13H18N2OS/c1-14-13(16)15(2)9-10-5-6-12-11(8-10)4-3-7-17-12/h5-6,8H,3-4,7,9H2,1-2H3,(H,14,16). The number of nitrogens with zero attached hydrogens (tertiary/aromatic N) is 1. The van der Waals surface area contributed by atoms with Crippen LogP contribution in [0.1, 0.15) is 17.5 Å². The lowest BCUT2D eigenvalue weighted by Crippen LogP contribution is -2.34. The van der Waals surface area contributed by atoms with Crippen molar-refractivity contribution < 1.29 is 4.79 Å². The number of nitrogens with one attached hydrogen (secondary N) is 1. The zero-order valence-electron chi connectivity index (χ0n) is 10.3. The molecule has 1 aliphatic rings. The van der Waals surface area contributed by atoms with Crippen LogP contribution < -0.4 is 5.32 Å². The first kappa shape index (κ1) is 12.3. The average molecular weight is 250 g/mol. The van der Waals surface area contributed by atoms with Crippen molar-refractivity contribution in [1.82, 2.24) is 10.2 Å². The summed E-state index contributed by atoms with van der Waals surface area (Å²) in [6.07, 6.45) is 2.42. The number of hydrogen-bond acceptors (Lipinski definition) is 2. The van der Waals surface area contributed by atoms with Crippen LogP contribution in [0.4, 0.5) is 4.79 Å². The molecule has 17 heavy (non-hydrogen) atoms. The smallest absolute Gasteiger partial charge is 0.317 e. The average Bonchev–Trinajstić information content (AvgIpc) is 2.37. The van der Waals surface area contributed by atoms with Gasteiger partial charge in [0.1, 0.15) is 0 Å². The molecular weight excluding hydrogens is 232 g/mol. The van der Waals surface area contributed by atoms with Crippen molar-refractivity contribution in [2.75, 3.05) is 19.8 Å². The fourth-order valence-corrected chi connectivity index (χ4v) is 3.07. The molecule has 1 aromatic rings. The zero-order valence-corrected chi connectivity index (χ0v) is 11.1. The van der Waals surface area contributed by atoms with Crippen molar-refractivity contribution in [3.8, 4) is 0 Å². The van der Waals surface area contributed by atoms with Gasteiger partial charge in [-0.3, -0.25) is 0 Å². The number of carbonyl (C=O) groups excluding carboxylic acids is 1. The molecular formula is C13H18N2OS. The highest BCUT2D eigenvalue weighted by atomic mass is 32.2. The van der Waals surface area contributed by atoms with E-state index in [1.165, 1.54) is 34.6 Å². The number of aryl methyl sites for hydroxylation is 1. The molecule has 0 aliphatic carbocycles. The summed E-state index contributed by atoms with van der Waals surface area (Å²) in [6, 6.07) is 6.50. The van der Waals surface area contributed by atoms with Gasteiger partial charge in [0.05, 0.1) is 0 Å². The van der Waals surface area contributed by atoms with Crippen molar-refractivity contribution in [1.29, 1.82) is 0 Å². The molecule has 1 aliphatic heterocycles. The third kappa shape index (κ3) is 2.94. The summed E-state index contributed by atoms with van der Waals surface area (Å²) in [6.45, 7) is 0.664. The second kappa shape index (κ2) is 5.45. The summed E-state index contributed by atoms with van der Waals surface area (Å²) in [4.78, 5) is 14.5. The van der Waals surface area contributed by atoms with Gasteiger partial charge in [-0.25, -0.2) is 4.79 Å². The number of benzene rings is 1. The maximum atomic E-state index is 11.4. The summed E-state index contributed by atoms with van der Waals surface area (Å²) >= 11 is 1.93. The molecule has 4 heteroatoms. The van der Waals surface area contributed by atoms with E-state index in [1.807, 2.05) is 18.8 Å². The molecule has 1 N–H and O–H groups in total. The molecule has 1 aromatic carbocycles. The predicted molar refractivity (Wildman–Crippen MR) is 71.4 cm³/mol. The van der Waals surface area contributed by atoms with Crippen LogP contribution in [0, 0.1) is 0 Å².